The van der Waals surface area contributed by atoms with Crippen LogP contribution >= 0.6 is 0 Å². The molecule has 19 heavy (non-hydrogen) atoms. The summed E-state index contributed by atoms with van der Waals surface area (Å²) < 4.78 is 1.99. The van der Waals surface area contributed by atoms with Crippen molar-refractivity contribution >= 4 is 0 Å². The van der Waals surface area contributed by atoms with Crippen LogP contribution in [0.1, 0.15) is 36.2 Å². The fraction of sp³-hybridized carbons (Fsp3) is 0.438. The minimum absolute atomic E-state index is 0.627. The van der Waals surface area contributed by atoms with Crippen molar-refractivity contribution in [2.45, 2.75) is 38.3 Å². The van der Waals surface area contributed by atoms with Gasteiger partial charge in [-0.25, -0.2) is 0 Å². The third kappa shape index (κ3) is 2.71. The fourth-order valence-corrected chi connectivity index (χ4v) is 2.63. The Morgan fingerprint density at radius 1 is 1.32 bits per heavy atom. The molecular formula is C16H21N3. The van der Waals surface area contributed by atoms with E-state index in [2.05, 4.69) is 53.7 Å². The zero-order chi connectivity index (χ0) is 13.2. The summed E-state index contributed by atoms with van der Waals surface area (Å²) in [6.07, 6.45) is 2.26. The Labute approximate surface area is 114 Å². The molecule has 1 aromatic carbocycles. The number of rotatable bonds is 5. The maximum atomic E-state index is 4.48. The second-order valence-electron chi connectivity index (χ2n) is 5.34. The van der Waals surface area contributed by atoms with E-state index in [-0.39, 0.29) is 0 Å². The number of aryl methyl sites for hydroxylation is 2. The van der Waals surface area contributed by atoms with Crippen LogP contribution in [-0.4, -0.2) is 15.8 Å². The summed E-state index contributed by atoms with van der Waals surface area (Å²) >= 11 is 0. The van der Waals surface area contributed by atoms with Crippen LogP contribution < -0.4 is 5.32 Å². The van der Waals surface area contributed by atoms with Crippen molar-refractivity contribution in [2.75, 3.05) is 0 Å². The molecule has 0 saturated heterocycles. The fourth-order valence-electron chi connectivity index (χ4n) is 2.63. The lowest BCUT2D eigenvalue weighted by atomic mass is 10.1. The highest BCUT2D eigenvalue weighted by Crippen LogP contribution is 2.40. The summed E-state index contributed by atoms with van der Waals surface area (Å²) in [5.74, 6) is 0.695. The van der Waals surface area contributed by atoms with Gasteiger partial charge in [0, 0.05) is 25.6 Å². The van der Waals surface area contributed by atoms with Crippen molar-refractivity contribution in [1.82, 2.24) is 15.1 Å². The number of hydrogen-bond donors (Lipinski definition) is 1. The Morgan fingerprint density at radius 3 is 2.79 bits per heavy atom. The molecule has 3 rings (SSSR count). The normalized spacial score (nSPS) is 21.6. The standard InChI is InChI=1S/C16H21N3/c1-3-13-9-14(19(2)18-13)11-17-16-10-15(16)12-7-5-4-6-8-12/h4-9,15-17H,3,10-11H2,1-2H3. The lowest BCUT2D eigenvalue weighted by Crippen LogP contribution is -2.19. The van der Waals surface area contributed by atoms with Crippen LogP contribution in [0.5, 0.6) is 0 Å². The summed E-state index contributed by atoms with van der Waals surface area (Å²) in [4.78, 5) is 0. The number of aromatic nitrogens is 2. The predicted molar refractivity (Wildman–Crippen MR) is 77.0 cm³/mol. The number of nitrogens with one attached hydrogen (secondary N) is 1. The minimum atomic E-state index is 0.627. The number of nitrogens with zero attached hydrogens (tertiary/aromatic N) is 2. The molecule has 1 aromatic heterocycles. The summed E-state index contributed by atoms with van der Waals surface area (Å²) in [5, 5.41) is 8.12. The minimum Gasteiger partial charge on any atom is -0.308 e. The Kier molecular flexibility index (Phi) is 3.38. The number of benzene rings is 1. The van der Waals surface area contributed by atoms with Gasteiger partial charge in [0.2, 0.25) is 0 Å². The molecule has 0 radical (unpaired) electrons. The highest BCUT2D eigenvalue weighted by molar-refractivity contribution is 5.27. The van der Waals surface area contributed by atoms with Crippen molar-refractivity contribution < 1.29 is 0 Å². The third-order valence-corrected chi connectivity index (χ3v) is 3.95. The molecule has 3 nitrogen and oxygen atoms in total. The van der Waals surface area contributed by atoms with E-state index >= 15 is 0 Å². The van der Waals surface area contributed by atoms with Crippen LogP contribution in [-0.2, 0) is 20.0 Å². The second-order valence-corrected chi connectivity index (χ2v) is 5.34. The van der Waals surface area contributed by atoms with Crippen LogP contribution in [0.3, 0.4) is 0 Å². The predicted octanol–water partition coefficient (Wildman–Crippen LogP) is 2.63. The molecule has 2 atom stereocenters. The van der Waals surface area contributed by atoms with E-state index in [1.807, 2.05) is 11.7 Å². The van der Waals surface area contributed by atoms with Crippen molar-refractivity contribution in [3.8, 4) is 0 Å². The van der Waals surface area contributed by atoms with Crippen LogP contribution in [0.15, 0.2) is 36.4 Å². The van der Waals surface area contributed by atoms with E-state index in [9.17, 15) is 0 Å². The molecule has 1 aliphatic carbocycles. The lowest BCUT2D eigenvalue weighted by Gasteiger charge is -2.04. The zero-order valence-corrected chi connectivity index (χ0v) is 11.6. The summed E-state index contributed by atoms with van der Waals surface area (Å²) in [5.41, 5.74) is 3.91. The van der Waals surface area contributed by atoms with Crippen molar-refractivity contribution in [3.63, 3.8) is 0 Å². The van der Waals surface area contributed by atoms with Gasteiger partial charge in [0.05, 0.1) is 11.4 Å². The average Bonchev–Trinajstić information content (AvgIpc) is 3.14. The van der Waals surface area contributed by atoms with Gasteiger partial charge in [-0.1, -0.05) is 37.3 Å². The first-order valence-electron chi connectivity index (χ1n) is 7.08. The van der Waals surface area contributed by atoms with E-state index in [0.717, 1.165) is 13.0 Å². The maximum Gasteiger partial charge on any atom is 0.0625 e. The molecule has 0 spiro atoms. The largest absolute Gasteiger partial charge is 0.308 e. The van der Waals surface area contributed by atoms with Gasteiger partial charge in [-0.3, -0.25) is 4.68 Å². The molecule has 3 heteroatoms. The summed E-state index contributed by atoms with van der Waals surface area (Å²) in [6.45, 7) is 3.06. The number of hydrogen-bond acceptors (Lipinski definition) is 2. The van der Waals surface area contributed by atoms with Gasteiger partial charge >= 0.3 is 0 Å². The first kappa shape index (κ1) is 12.4. The van der Waals surface area contributed by atoms with Crippen molar-refractivity contribution in [3.05, 3.63) is 53.3 Å². The average molecular weight is 255 g/mol. The van der Waals surface area contributed by atoms with Gasteiger partial charge in [0.15, 0.2) is 0 Å². The summed E-state index contributed by atoms with van der Waals surface area (Å²) in [6, 6.07) is 13.6. The molecule has 0 bridgehead atoms. The Balaban J connectivity index is 1.55. The van der Waals surface area contributed by atoms with Crippen molar-refractivity contribution in [1.29, 1.82) is 0 Å². The highest BCUT2D eigenvalue weighted by Gasteiger charge is 2.37. The van der Waals surface area contributed by atoms with Crippen molar-refractivity contribution in [2.24, 2.45) is 7.05 Å². The van der Waals surface area contributed by atoms with E-state index in [4.69, 9.17) is 0 Å². The van der Waals surface area contributed by atoms with E-state index < -0.39 is 0 Å². The van der Waals surface area contributed by atoms with E-state index in [1.54, 1.807) is 0 Å². The van der Waals surface area contributed by atoms with Gasteiger partial charge < -0.3 is 5.32 Å². The molecule has 1 aliphatic rings. The molecular weight excluding hydrogens is 234 g/mol. The van der Waals surface area contributed by atoms with Gasteiger partial charge in [-0.05, 0) is 24.5 Å². The Morgan fingerprint density at radius 2 is 2.11 bits per heavy atom. The molecule has 0 aliphatic heterocycles. The maximum absolute atomic E-state index is 4.48. The molecule has 1 heterocycles. The molecule has 1 saturated carbocycles. The first-order valence-corrected chi connectivity index (χ1v) is 7.08. The first-order chi connectivity index (χ1) is 9.28. The molecule has 100 valence electrons. The highest BCUT2D eigenvalue weighted by atomic mass is 15.3. The Bertz CT molecular complexity index is 544. The van der Waals surface area contributed by atoms with Crippen LogP contribution in [0, 0.1) is 0 Å². The zero-order valence-electron chi connectivity index (χ0n) is 11.6. The van der Waals surface area contributed by atoms with Gasteiger partial charge in [0.1, 0.15) is 0 Å². The molecule has 1 fully saturated rings. The SMILES string of the molecule is CCc1cc(CNC2CC2c2ccccc2)n(C)n1. The topological polar surface area (TPSA) is 29.9 Å². The van der Waals surface area contributed by atoms with Gasteiger partial charge in [-0.2, -0.15) is 5.10 Å². The second kappa shape index (κ2) is 5.17. The van der Waals surface area contributed by atoms with Crippen LogP contribution in [0.4, 0.5) is 0 Å². The molecule has 2 unspecified atom stereocenters. The van der Waals surface area contributed by atoms with Gasteiger partial charge in [0.25, 0.3) is 0 Å². The lowest BCUT2D eigenvalue weighted by molar-refractivity contribution is 0.613. The molecule has 0 amide bonds. The van der Waals surface area contributed by atoms with Crippen LogP contribution in [0.25, 0.3) is 0 Å². The van der Waals surface area contributed by atoms with Crippen LogP contribution in [0.2, 0.25) is 0 Å². The molecule has 1 N–H and O–H groups in total. The monoisotopic (exact) mass is 255 g/mol. The van der Waals surface area contributed by atoms with E-state index in [0.29, 0.717) is 12.0 Å². The van der Waals surface area contributed by atoms with E-state index in [1.165, 1.54) is 23.4 Å². The molecule has 2 aromatic rings. The summed E-state index contributed by atoms with van der Waals surface area (Å²) in [7, 11) is 2.03. The van der Waals surface area contributed by atoms with Gasteiger partial charge in [-0.15, -0.1) is 0 Å². The smallest absolute Gasteiger partial charge is 0.0625 e. The third-order valence-electron chi connectivity index (χ3n) is 3.95. The quantitative estimate of drug-likeness (QED) is 0.890. The Hall–Kier alpha value is -1.61.